The molecule has 432 valence electrons. The average molecular weight is 1490 g/mol. The molecular formula is C80H64Ir2N6. The first-order valence-corrected chi connectivity index (χ1v) is 29.8. The van der Waals surface area contributed by atoms with Crippen molar-refractivity contribution in [3.05, 3.63) is 314 Å². The molecule has 6 aromatic carbocycles. The number of benzene rings is 6. The first-order chi connectivity index (χ1) is 42.6. The van der Waals surface area contributed by atoms with Gasteiger partial charge in [-0.1, -0.05) is 115 Å². The van der Waals surface area contributed by atoms with E-state index in [0.29, 0.717) is 35.4 Å². The monoisotopic (exact) mass is 1490 g/mol. The number of aromatic nitrogens is 6. The molecule has 4 atom stereocenters. The van der Waals surface area contributed by atoms with Crippen LogP contribution in [0, 0.1) is 60.1 Å². The normalized spacial score (nSPS) is 17.4. The number of nitrogens with zero attached hydrogens (tertiary/aromatic N) is 6. The van der Waals surface area contributed by atoms with E-state index in [2.05, 4.69) is 224 Å². The van der Waals surface area contributed by atoms with Gasteiger partial charge in [-0.05, 0) is 127 Å². The van der Waals surface area contributed by atoms with Gasteiger partial charge in [-0.3, -0.25) is 12.1 Å². The molecule has 2 saturated carbocycles. The molecular weight excluding hydrogens is 1430 g/mol. The molecule has 5 heterocycles. The van der Waals surface area contributed by atoms with Gasteiger partial charge in [0.1, 0.15) is 0 Å². The zero-order valence-corrected chi connectivity index (χ0v) is 53.5. The van der Waals surface area contributed by atoms with Crippen molar-refractivity contribution in [1.82, 2.24) is 29.9 Å². The molecule has 0 N–H and O–H groups in total. The fraction of sp³-hybridized carbons (Fsp3) is 0.150. The summed E-state index contributed by atoms with van der Waals surface area (Å²) in [6.07, 6.45) is 37.6. The third-order valence-corrected chi connectivity index (χ3v) is 16.1. The van der Waals surface area contributed by atoms with Gasteiger partial charge >= 0.3 is 40.2 Å². The standard InChI is InChI=1S/C48H36N4.C32H28N2.2Ir/c1-2-9-45(44(8-1)39-24-26-42(27-25-39)48-51-30-7-31-52-48)43-33-37(14-12-35-16-20-40(21-17-35)46-10-3-5-28-49-46)32-38(34-43)15-13-36-18-22-41(23-19-36)47-11-4-6-29-50-47;1-3-22-33-31(8-1)29-18-14-25(15-19-29)10-12-27-6-5-7-28(24-27)13-11-26-16-20-30(21-17-26)32-9-2-4-23-34-32;;/h1-20,22,24-25,28-31,37-38,43H,32-34H2;1-4,8-18,20,22-23,27-28H,5-7,24H2;;/q-4;-2;2*+3/b14-12-,15-13-;12-10-,13-11-;;. The third kappa shape index (κ3) is 17.1. The van der Waals surface area contributed by atoms with E-state index in [1.165, 1.54) is 47.9 Å². The van der Waals surface area contributed by atoms with Crippen LogP contribution >= 0.6 is 0 Å². The van der Waals surface area contributed by atoms with Crippen molar-refractivity contribution in [2.75, 3.05) is 0 Å². The molecule has 0 spiro atoms. The van der Waals surface area contributed by atoms with E-state index < -0.39 is 0 Å². The van der Waals surface area contributed by atoms with E-state index in [1.54, 1.807) is 12.4 Å². The summed E-state index contributed by atoms with van der Waals surface area (Å²) in [5, 5.41) is 0. The van der Waals surface area contributed by atoms with Crippen molar-refractivity contribution in [3.63, 3.8) is 0 Å². The summed E-state index contributed by atoms with van der Waals surface area (Å²) in [6, 6.07) is 84.3. The molecule has 11 aromatic rings. The maximum atomic E-state index is 4.48. The second kappa shape index (κ2) is 31.8. The predicted octanol–water partition coefficient (Wildman–Crippen LogP) is 19.0. The summed E-state index contributed by atoms with van der Waals surface area (Å²) in [4.78, 5) is 26.5. The van der Waals surface area contributed by atoms with E-state index in [-0.39, 0.29) is 40.2 Å². The summed E-state index contributed by atoms with van der Waals surface area (Å²) < 4.78 is 0. The Bertz CT molecular complexity index is 3790. The molecule has 2 fully saturated rings. The maximum absolute atomic E-state index is 4.48. The number of allylic oxidation sites excluding steroid dienone is 4. The summed E-state index contributed by atoms with van der Waals surface area (Å²) in [7, 11) is 0. The van der Waals surface area contributed by atoms with Crippen LogP contribution in [0.2, 0.25) is 0 Å². The molecule has 13 rings (SSSR count). The molecule has 6 nitrogen and oxygen atoms in total. The molecule has 88 heavy (non-hydrogen) atoms. The molecule has 2 aliphatic rings. The molecule has 8 heteroatoms. The first kappa shape index (κ1) is 62.3. The van der Waals surface area contributed by atoms with E-state index in [1.807, 2.05) is 104 Å². The molecule has 5 aromatic heterocycles. The summed E-state index contributed by atoms with van der Waals surface area (Å²) >= 11 is 0. The number of hydrogen-bond acceptors (Lipinski definition) is 6. The minimum Gasteiger partial charge on any atom is -0.333 e. The van der Waals surface area contributed by atoms with Crippen LogP contribution in [0.3, 0.4) is 0 Å². The van der Waals surface area contributed by atoms with Gasteiger partial charge in [-0.25, -0.2) is 17.7 Å². The zero-order chi connectivity index (χ0) is 58.0. The number of hydrogen-bond donors (Lipinski definition) is 0. The number of pyridine rings is 4. The van der Waals surface area contributed by atoms with Crippen molar-refractivity contribution in [2.45, 2.75) is 50.9 Å². The molecule has 0 saturated heterocycles. The van der Waals surface area contributed by atoms with Crippen LogP contribution in [-0.2, 0) is 40.2 Å². The van der Waals surface area contributed by atoms with Crippen LogP contribution in [0.4, 0.5) is 0 Å². The Kier molecular flexibility index (Phi) is 22.5. The van der Waals surface area contributed by atoms with Gasteiger partial charge < -0.3 is 29.9 Å². The minimum absolute atomic E-state index is 0. The van der Waals surface area contributed by atoms with Gasteiger partial charge in [0.15, 0.2) is 0 Å². The summed E-state index contributed by atoms with van der Waals surface area (Å²) in [5.74, 6) is 3.07. The van der Waals surface area contributed by atoms with Crippen molar-refractivity contribution in [3.8, 4) is 67.5 Å². The van der Waals surface area contributed by atoms with Gasteiger partial charge in [0.2, 0.25) is 0 Å². The Morgan fingerprint density at radius 2 is 0.693 bits per heavy atom. The van der Waals surface area contributed by atoms with Crippen LogP contribution in [0.5, 0.6) is 0 Å². The summed E-state index contributed by atoms with van der Waals surface area (Å²) in [5.41, 5.74) is 17.0. The first-order valence-electron chi connectivity index (χ1n) is 29.8. The van der Waals surface area contributed by atoms with Crippen molar-refractivity contribution in [2.24, 2.45) is 23.7 Å². The fourth-order valence-corrected chi connectivity index (χ4v) is 11.7. The maximum Gasteiger partial charge on any atom is 3.00 e. The van der Waals surface area contributed by atoms with Gasteiger partial charge in [0.05, 0.1) is 0 Å². The largest absolute Gasteiger partial charge is 3.00 e. The van der Waals surface area contributed by atoms with Crippen LogP contribution in [-0.4, -0.2) is 29.9 Å². The Balaban J connectivity index is 0.000000207. The van der Waals surface area contributed by atoms with Crippen LogP contribution < -0.4 is 0 Å². The van der Waals surface area contributed by atoms with Gasteiger partial charge in [0.25, 0.3) is 0 Å². The van der Waals surface area contributed by atoms with Crippen LogP contribution in [0.1, 0.15) is 78.7 Å². The summed E-state index contributed by atoms with van der Waals surface area (Å²) in [6.45, 7) is 0. The second-order valence-electron chi connectivity index (χ2n) is 22.1. The Hall–Kier alpha value is -8.74. The molecule has 4 unspecified atom stereocenters. The number of rotatable bonds is 15. The molecule has 0 radical (unpaired) electrons. The molecule has 2 aliphatic carbocycles. The van der Waals surface area contributed by atoms with Crippen molar-refractivity contribution in [1.29, 1.82) is 0 Å². The Morgan fingerprint density at radius 1 is 0.330 bits per heavy atom. The molecule has 0 bridgehead atoms. The van der Waals surface area contributed by atoms with Crippen molar-refractivity contribution < 1.29 is 40.2 Å². The van der Waals surface area contributed by atoms with E-state index in [4.69, 9.17) is 0 Å². The average Bonchev–Trinajstić information content (AvgIpc) is 2.27. The molecule has 0 aliphatic heterocycles. The van der Waals surface area contributed by atoms with E-state index >= 15 is 0 Å². The van der Waals surface area contributed by atoms with Crippen LogP contribution in [0.25, 0.3) is 91.8 Å². The Morgan fingerprint density at radius 3 is 1.07 bits per heavy atom. The quantitative estimate of drug-likeness (QED) is 0.0952. The predicted molar refractivity (Wildman–Crippen MR) is 350 cm³/mol. The molecule has 0 amide bonds. The van der Waals surface area contributed by atoms with E-state index in [0.717, 1.165) is 86.5 Å². The third-order valence-electron chi connectivity index (χ3n) is 16.1. The van der Waals surface area contributed by atoms with Crippen molar-refractivity contribution >= 4 is 24.3 Å². The van der Waals surface area contributed by atoms with Gasteiger partial charge in [-0.15, -0.1) is 166 Å². The smallest absolute Gasteiger partial charge is 0.333 e. The van der Waals surface area contributed by atoms with E-state index in [9.17, 15) is 0 Å². The topological polar surface area (TPSA) is 77.3 Å². The second-order valence-corrected chi connectivity index (χ2v) is 22.1. The zero-order valence-electron chi connectivity index (χ0n) is 48.7. The fourth-order valence-electron chi connectivity index (χ4n) is 11.7. The van der Waals surface area contributed by atoms with Crippen LogP contribution in [0.15, 0.2) is 250 Å². The van der Waals surface area contributed by atoms with Gasteiger partial charge in [0, 0.05) is 37.2 Å². The SMILES string of the molecule is [Ir+3].[Ir+3].[c-]1cc(-c2ccccc2C2CC(/C=C\c3c[c-]c(-c4ccccn4)cc3)CC(/C=C\c3c[c-]c(-c4ccccn4)cc3)C2)c[c-]c1-c1ncccn1.[c-]1cc(/C=C\C2CCCC(/C=C\c3c[c-]c(-c4ccccn4)cc3)C2)ccc1-c1ccccn1. The Labute approximate surface area is 546 Å². The van der Waals surface area contributed by atoms with Gasteiger partial charge in [-0.2, -0.15) is 5.56 Å². The minimum atomic E-state index is 0.